The van der Waals surface area contributed by atoms with E-state index in [1.807, 2.05) is 13.0 Å². The fourth-order valence-electron chi connectivity index (χ4n) is 2.47. The highest BCUT2D eigenvalue weighted by Gasteiger charge is 2.15. The standard InChI is InChI=1S/C15H25N3O/c1-3-10-16-14-11-15(18-12(2)17-14)19-13-8-6-4-5-7-9-13/h11,13H,3-10H2,1-2H3,(H,16,17,18). The zero-order chi connectivity index (χ0) is 13.5. The maximum Gasteiger partial charge on any atom is 0.218 e. The Morgan fingerprint density at radius 1 is 1.21 bits per heavy atom. The molecule has 4 nitrogen and oxygen atoms in total. The van der Waals surface area contributed by atoms with Crippen LogP contribution in [0.4, 0.5) is 5.82 Å². The first kappa shape index (κ1) is 14.1. The summed E-state index contributed by atoms with van der Waals surface area (Å²) >= 11 is 0. The number of aromatic nitrogens is 2. The maximum absolute atomic E-state index is 6.05. The summed E-state index contributed by atoms with van der Waals surface area (Å²) in [5.41, 5.74) is 0. The van der Waals surface area contributed by atoms with Gasteiger partial charge in [-0.3, -0.25) is 0 Å². The molecule has 0 saturated heterocycles. The van der Waals surface area contributed by atoms with E-state index in [0.717, 1.165) is 43.3 Å². The van der Waals surface area contributed by atoms with Crippen molar-refractivity contribution in [2.75, 3.05) is 11.9 Å². The van der Waals surface area contributed by atoms with Crippen LogP contribution in [0.3, 0.4) is 0 Å². The highest BCUT2D eigenvalue weighted by Crippen LogP contribution is 2.23. The van der Waals surface area contributed by atoms with Crippen molar-refractivity contribution in [2.24, 2.45) is 0 Å². The topological polar surface area (TPSA) is 47.0 Å². The maximum atomic E-state index is 6.05. The summed E-state index contributed by atoms with van der Waals surface area (Å²) in [4.78, 5) is 8.77. The molecular formula is C15H25N3O. The lowest BCUT2D eigenvalue weighted by Gasteiger charge is -2.17. The van der Waals surface area contributed by atoms with Crippen molar-refractivity contribution >= 4 is 5.82 Å². The van der Waals surface area contributed by atoms with Crippen molar-refractivity contribution in [1.29, 1.82) is 0 Å². The number of nitrogens with one attached hydrogen (secondary N) is 1. The number of ether oxygens (including phenoxy) is 1. The molecule has 1 saturated carbocycles. The Labute approximate surface area is 116 Å². The summed E-state index contributed by atoms with van der Waals surface area (Å²) < 4.78 is 6.05. The molecule has 1 aliphatic carbocycles. The number of hydrogen-bond acceptors (Lipinski definition) is 4. The molecule has 0 amide bonds. The number of aryl methyl sites for hydroxylation is 1. The van der Waals surface area contributed by atoms with Crippen LogP contribution < -0.4 is 10.1 Å². The molecule has 0 aliphatic heterocycles. The predicted molar refractivity (Wildman–Crippen MR) is 77.7 cm³/mol. The van der Waals surface area contributed by atoms with Gasteiger partial charge in [-0.1, -0.05) is 19.8 Å². The fraction of sp³-hybridized carbons (Fsp3) is 0.733. The Morgan fingerprint density at radius 3 is 2.63 bits per heavy atom. The van der Waals surface area contributed by atoms with Gasteiger partial charge in [-0.15, -0.1) is 0 Å². The van der Waals surface area contributed by atoms with Crippen molar-refractivity contribution in [3.05, 3.63) is 11.9 Å². The quantitative estimate of drug-likeness (QED) is 0.823. The summed E-state index contributed by atoms with van der Waals surface area (Å²) in [5.74, 6) is 2.36. The Kier molecular flexibility index (Phi) is 5.43. The van der Waals surface area contributed by atoms with Crippen LogP contribution in [0.2, 0.25) is 0 Å². The lowest BCUT2D eigenvalue weighted by molar-refractivity contribution is 0.175. The molecule has 0 spiro atoms. The van der Waals surface area contributed by atoms with Gasteiger partial charge in [0.05, 0.1) is 0 Å². The van der Waals surface area contributed by atoms with Gasteiger partial charge in [0.1, 0.15) is 17.7 Å². The molecule has 1 aromatic heterocycles. The van der Waals surface area contributed by atoms with Crippen LogP contribution in [0.1, 0.15) is 57.7 Å². The lowest BCUT2D eigenvalue weighted by atomic mass is 10.1. The molecule has 4 heteroatoms. The second-order valence-electron chi connectivity index (χ2n) is 5.30. The highest BCUT2D eigenvalue weighted by atomic mass is 16.5. The molecule has 1 fully saturated rings. The van der Waals surface area contributed by atoms with Gasteiger partial charge >= 0.3 is 0 Å². The van der Waals surface area contributed by atoms with E-state index in [-0.39, 0.29) is 0 Å². The third-order valence-corrected chi connectivity index (χ3v) is 3.46. The van der Waals surface area contributed by atoms with E-state index in [2.05, 4.69) is 22.2 Å². The van der Waals surface area contributed by atoms with Crippen molar-refractivity contribution < 1.29 is 4.74 Å². The first-order valence-corrected chi connectivity index (χ1v) is 7.54. The van der Waals surface area contributed by atoms with Gasteiger partial charge in [-0.05, 0) is 39.0 Å². The molecule has 2 rings (SSSR count). The molecule has 0 aromatic carbocycles. The Bertz CT molecular complexity index is 387. The molecule has 0 atom stereocenters. The summed E-state index contributed by atoms with van der Waals surface area (Å²) in [6.07, 6.45) is 8.95. The van der Waals surface area contributed by atoms with Crippen LogP contribution in [0.15, 0.2) is 6.07 Å². The lowest BCUT2D eigenvalue weighted by Crippen LogP contribution is -2.16. The third kappa shape index (κ3) is 4.69. The Morgan fingerprint density at radius 2 is 1.95 bits per heavy atom. The third-order valence-electron chi connectivity index (χ3n) is 3.46. The van der Waals surface area contributed by atoms with Crippen molar-refractivity contribution in [3.63, 3.8) is 0 Å². The smallest absolute Gasteiger partial charge is 0.218 e. The molecule has 0 bridgehead atoms. The number of hydrogen-bond donors (Lipinski definition) is 1. The van der Waals surface area contributed by atoms with Gasteiger partial charge in [-0.2, -0.15) is 4.98 Å². The zero-order valence-electron chi connectivity index (χ0n) is 12.1. The van der Waals surface area contributed by atoms with E-state index in [4.69, 9.17) is 4.74 Å². The van der Waals surface area contributed by atoms with E-state index in [9.17, 15) is 0 Å². The Hall–Kier alpha value is -1.32. The first-order chi connectivity index (χ1) is 9.28. The molecule has 1 aromatic rings. The van der Waals surface area contributed by atoms with Gasteiger partial charge in [0.2, 0.25) is 5.88 Å². The molecule has 1 aliphatic rings. The molecule has 0 radical (unpaired) electrons. The van der Waals surface area contributed by atoms with Crippen LogP contribution in [0, 0.1) is 6.92 Å². The Balaban J connectivity index is 1.99. The van der Waals surface area contributed by atoms with E-state index in [1.54, 1.807) is 0 Å². The normalized spacial score (nSPS) is 16.9. The van der Waals surface area contributed by atoms with Crippen LogP contribution >= 0.6 is 0 Å². The monoisotopic (exact) mass is 263 g/mol. The minimum absolute atomic E-state index is 0.329. The predicted octanol–water partition coefficient (Wildman–Crippen LogP) is 3.71. The second kappa shape index (κ2) is 7.31. The van der Waals surface area contributed by atoms with Gasteiger partial charge in [-0.25, -0.2) is 4.98 Å². The fourth-order valence-corrected chi connectivity index (χ4v) is 2.47. The van der Waals surface area contributed by atoms with Crippen molar-refractivity contribution in [1.82, 2.24) is 9.97 Å². The number of anilines is 1. The average Bonchev–Trinajstić information content (AvgIpc) is 2.64. The summed E-state index contributed by atoms with van der Waals surface area (Å²) in [6, 6.07) is 1.92. The van der Waals surface area contributed by atoms with E-state index in [1.165, 1.54) is 25.7 Å². The summed E-state index contributed by atoms with van der Waals surface area (Å²) in [6.45, 7) is 4.99. The number of rotatable bonds is 5. The SMILES string of the molecule is CCCNc1cc(OC2CCCCCC2)nc(C)n1. The summed E-state index contributed by atoms with van der Waals surface area (Å²) in [7, 11) is 0. The average molecular weight is 263 g/mol. The molecule has 106 valence electrons. The molecular weight excluding hydrogens is 238 g/mol. The minimum Gasteiger partial charge on any atom is -0.474 e. The van der Waals surface area contributed by atoms with Crippen molar-refractivity contribution in [3.8, 4) is 5.88 Å². The molecule has 19 heavy (non-hydrogen) atoms. The van der Waals surface area contributed by atoms with Crippen molar-refractivity contribution in [2.45, 2.75) is 64.9 Å². The molecule has 1 N–H and O–H groups in total. The highest BCUT2D eigenvalue weighted by molar-refractivity contribution is 5.38. The second-order valence-corrected chi connectivity index (χ2v) is 5.30. The molecule has 1 heterocycles. The van der Waals surface area contributed by atoms with Crippen LogP contribution in [-0.2, 0) is 0 Å². The van der Waals surface area contributed by atoms with E-state index in [0.29, 0.717) is 6.10 Å². The van der Waals surface area contributed by atoms with Crippen LogP contribution in [0.5, 0.6) is 5.88 Å². The van der Waals surface area contributed by atoms with E-state index >= 15 is 0 Å². The number of nitrogens with zero attached hydrogens (tertiary/aromatic N) is 2. The summed E-state index contributed by atoms with van der Waals surface area (Å²) in [5, 5.41) is 3.29. The van der Waals surface area contributed by atoms with Crippen LogP contribution in [0.25, 0.3) is 0 Å². The minimum atomic E-state index is 0.329. The first-order valence-electron chi connectivity index (χ1n) is 7.54. The van der Waals surface area contributed by atoms with Gasteiger partial charge in [0.15, 0.2) is 0 Å². The van der Waals surface area contributed by atoms with Crippen LogP contribution in [-0.4, -0.2) is 22.6 Å². The van der Waals surface area contributed by atoms with Gasteiger partial charge < -0.3 is 10.1 Å². The van der Waals surface area contributed by atoms with Gasteiger partial charge in [0, 0.05) is 12.6 Å². The van der Waals surface area contributed by atoms with E-state index < -0.39 is 0 Å². The molecule has 0 unspecified atom stereocenters. The zero-order valence-corrected chi connectivity index (χ0v) is 12.1. The largest absolute Gasteiger partial charge is 0.474 e. The van der Waals surface area contributed by atoms with Gasteiger partial charge in [0.25, 0.3) is 0 Å².